The number of β-lactam (4-membered cyclic amide) rings is 1. The monoisotopic (exact) mass is 389 g/mol. The third kappa shape index (κ3) is 3.56. The van der Waals surface area contributed by atoms with Crippen molar-refractivity contribution in [3.63, 3.8) is 0 Å². The molecule has 2 aliphatic rings. The zero-order chi connectivity index (χ0) is 17.5. The smallest absolute Gasteiger partial charge is 0.341 e. The number of thioether (sulfide) groups is 1. The number of esters is 1. The molecule has 0 aliphatic carbocycles. The normalized spacial score (nSPS) is 27.6. The van der Waals surface area contributed by atoms with Crippen LogP contribution in [0.4, 0.5) is 5.69 Å². The Morgan fingerprint density at radius 1 is 1.48 bits per heavy atom. The third-order valence-corrected chi connectivity index (χ3v) is 5.54. The summed E-state index contributed by atoms with van der Waals surface area (Å²) in [5.74, 6) is -1.04. The number of rotatable bonds is 4. The summed E-state index contributed by atoms with van der Waals surface area (Å²) >= 11 is 1.24. The Bertz CT molecular complexity index is 702. The molecule has 3 atom stereocenters. The van der Waals surface area contributed by atoms with Gasteiger partial charge >= 0.3 is 5.97 Å². The number of carbonyl (C=O) groups excluding carboxylic acids is 2. The van der Waals surface area contributed by atoms with Crippen LogP contribution < -0.4 is 5.73 Å². The standard InChI is InChI=1S/C14H15N3O6S.ClH/c15-10-11(18)16-6-14(20,7-24-12(10)16)13(19)23-5-8-1-3-9(4-2-8)17(21)22;/h1-4,10,12,20H,5-7,15H2;1H/t10?,12-,14?;/m1./s1. The molecule has 1 amide bonds. The quantitative estimate of drug-likeness (QED) is 0.318. The predicted octanol–water partition coefficient (Wildman–Crippen LogP) is 0.0333. The van der Waals surface area contributed by atoms with Crippen molar-refractivity contribution >= 4 is 41.7 Å². The summed E-state index contributed by atoms with van der Waals surface area (Å²) in [6, 6.07) is 4.96. The first kappa shape index (κ1) is 19.4. The number of hydrogen-bond acceptors (Lipinski definition) is 8. The van der Waals surface area contributed by atoms with Crippen molar-refractivity contribution in [1.29, 1.82) is 0 Å². The SMILES string of the molecule is Cl.NC1C(=O)N2CC(O)(C(=O)OCc3ccc([N+](=O)[O-])cc3)CS[C@H]12. The first-order valence-electron chi connectivity index (χ1n) is 7.12. The van der Waals surface area contributed by atoms with E-state index < -0.39 is 22.5 Å². The minimum atomic E-state index is -1.78. The van der Waals surface area contributed by atoms with E-state index in [1.54, 1.807) is 0 Å². The Kier molecular flexibility index (Phi) is 5.57. The van der Waals surface area contributed by atoms with E-state index in [0.717, 1.165) is 0 Å². The molecule has 2 unspecified atom stereocenters. The van der Waals surface area contributed by atoms with Gasteiger partial charge in [0.1, 0.15) is 18.0 Å². The van der Waals surface area contributed by atoms with Crippen molar-refractivity contribution < 1.29 is 24.4 Å². The highest BCUT2D eigenvalue weighted by atomic mass is 35.5. The van der Waals surface area contributed by atoms with Crippen LogP contribution in [0.1, 0.15) is 5.56 Å². The molecule has 3 rings (SSSR count). The van der Waals surface area contributed by atoms with Crippen molar-refractivity contribution in [2.24, 2.45) is 5.73 Å². The summed E-state index contributed by atoms with van der Waals surface area (Å²) in [5.41, 5.74) is 4.36. The van der Waals surface area contributed by atoms with Crippen LogP contribution >= 0.6 is 24.2 Å². The lowest BCUT2D eigenvalue weighted by atomic mass is 10.0. The Morgan fingerprint density at radius 3 is 2.72 bits per heavy atom. The van der Waals surface area contributed by atoms with Crippen LogP contribution in [0, 0.1) is 10.1 Å². The first-order valence-corrected chi connectivity index (χ1v) is 8.17. The summed E-state index contributed by atoms with van der Waals surface area (Å²) in [4.78, 5) is 35.2. The lowest BCUT2D eigenvalue weighted by molar-refractivity contribution is -0.384. The zero-order valence-electron chi connectivity index (χ0n) is 12.9. The van der Waals surface area contributed by atoms with Gasteiger partial charge in [0.25, 0.3) is 5.69 Å². The topological polar surface area (TPSA) is 136 Å². The van der Waals surface area contributed by atoms with E-state index >= 15 is 0 Å². The van der Waals surface area contributed by atoms with Gasteiger partial charge < -0.3 is 20.5 Å². The fraction of sp³-hybridized carbons (Fsp3) is 0.429. The van der Waals surface area contributed by atoms with Crippen molar-refractivity contribution in [2.75, 3.05) is 12.3 Å². The second-order valence-electron chi connectivity index (χ2n) is 5.72. The van der Waals surface area contributed by atoms with Crippen LogP contribution in [0.5, 0.6) is 0 Å². The second kappa shape index (κ2) is 7.16. The molecule has 2 saturated heterocycles. The molecule has 0 aromatic heterocycles. The maximum atomic E-state index is 12.2. The maximum Gasteiger partial charge on any atom is 0.341 e. The number of fused-ring (bicyclic) bond motifs is 1. The van der Waals surface area contributed by atoms with Gasteiger partial charge in [-0.2, -0.15) is 0 Å². The minimum absolute atomic E-state index is 0. The number of non-ortho nitro benzene ring substituents is 1. The highest BCUT2D eigenvalue weighted by molar-refractivity contribution is 8.00. The van der Waals surface area contributed by atoms with Crippen LogP contribution in [0.25, 0.3) is 0 Å². The molecule has 9 nitrogen and oxygen atoms in total. The van der Waals surface area contributed by atoms with Gasteiger partial charge in [-0.05, 0) is 17.7 Å². The van der Waals surface area contributed by atoms with Crippen LogP contribution in [-0.2, 0) is 20.9 Å². The third-order valence-electron chi connectivity index (χ3n) is 4.00. The maximum absolute atomic E-state index is 12.2. The van der Waals surface area contributed by atoms with Crippen molar-refractivity contribution in [2.45, 2.75) is 23.6 Å². The molecule has 1 aromatic rings. The number of nitrogens with two attached hydrogens (primary N) is 1. The Hall–Kier alpha value is -1.88. The van der Waals surface area contributed by atoms with Crippen LogP contribution in [0.2, 0.25) is 0 Å². The molecule has 25 heavy (non-hydrogen) atoms. The number of nitro benzene ring substituents is 1. The fourth-order valence-electron chi connectivity index (χ4n) is 2.58. The molecule has 2 heterocycles. The lowest BCUT2D eigenvalue weighted by Gasteiger charge is -2.51. The van der Waals surface area contributed by atoms with E-state index in [1.165, 1.54) is 40.9 Å². The van der Waals surface area contributed by atoms with Crippen LogP contribution in [0.15, 0.2) is 24.3 Å². The fourth-order valence-corrected chi connectivity index (χ4v) is 3.92. The van der Waals surface area contributed by atoms with Gasteiger partial charge in [0.15, 0.2) is 5.60 Å². The molecule has 136 valence electrons. The molecule has 0 spiro atoms. The molecule has 1 aromatic carbocycles. The average Bonchev–Trinajstić information content (AvgIpc) is 2.59. The molecule has 0 radical (unpaired) electrons. The average molecular weight is 390 g/mol. The van der Waals surface area contributed by atoms with Crippen molar-refractivity contribution in [3.05, 3.63) is 39.9 Å². The number of nitro groups is 1. The van der Waals surface area contributed by atoms with E-state index in [0.29, 0.717) is 5.56 Å². The minimum Gasteiger partial charge on any atom is -0.459 e. The Balaban J connectivity index is 0.00000225. The van der Waals surface area contributed by atoms with Crippen LogP contribution in [0.3, 0.4) is 0 Å². The van der Waals surface area contributed by atoms with E-state index in [9.17, 15) is 24.8 Å². The summed E-state index contributed by atoms with van der Waals surface area (Å²) in [7, 11) is 0. The molecule has 0 saturated carbocycles. The van der Waals surface area contributed by atoms with Crippen molar-refractivity contribution in [1.82, 2.24) is 4.90 Å². The first-order chi connectivity index (χ1) is 11.3. The van der Waals surface area contributed by atoms with Gasteiger partial charge in [0.05, 0.1) is 11.5 Å². The summed E-state index contributed by atoms with van der Waals surface area (Å²) in [6.07, 6.45) is 0. The number of halogens is 1. The van der Waals surface area contributed by atoms with Gasteiger partial charge in [-0.15, -0.1) is 24.2 Å². The molecule has 0 bridgehead atoms. The highest BCUT2D eigenvalue weighted by Gasteiger charge is 2.55. The molecule has 3 N–H and O–H groups in total. The Morgan fingerprint density at radius 2 is 2.12 bits per heavy atom. The van der Waals surface area contributed by atoms with Gasteiger partial charge in [0.2, 0.25) is 5.91 Å². The summed E-state index contributed by atoms with van der Waals surface area (Å²) < 4.78 is 5.10. The number of hydrogen-bond donors (Lipinski definition) is 2. The summed E-state index contributed by atoms with van der Waals surface area (Å²) in [6.45, 7) is -0.267. The number of ether oxygens (including phenoxy) is 1. The van der Waals surface area contributed by atoms with Gasteiger partial charge in [-0.25, -0.2) is 4.79 Å². The van der Waals surface area contributed by atoms with Gasteiger partial charge in [0, 0.05) is 17.9 Å². The second-order valence-corrected chi connectivity index (χ2v) is 6.83. The van der Waals surface area contributed by atoms with E-state index in [1.807, 2.05) is 0 Å². The predicted molar refractivity (Wildman–Crippen MR) is 91.0 cm³/mol. The van der Waals surface area contributed by atoms with Gasteiger partial charge in [-0.3, -0.25) is 14.9 Å². The molecule has 2 fully saturated rings. The van der Waals surface area contributed by atoms with Crippen molar-refractivity contribution in [3.8, 4) is 0 Å². The van der Waals surface area contributed by atoms with E-state index in [4.69, 9.17) is 10.5 Å². The molecular formula is C14H16ClN3O6S. The molecular weight excluding hydrogens is 374 g/mol. The number of carbonyl (C=O) groups is 2. The molecule has 2 aliphatic heterocycles. The van der Waals surface area contributed by atoms with Gasteiger partial charge in [-0.1, -0.05) is 0 Å². The number of amides is 1. The number of aliphatic hydroxyl groups is 1. The highest BCUT2D eigenvalue weighted by Crippen LogP contribution is 2.37. The number of benzene rings is 1. The van der Waals surface area contributed by atoms with E-state index in [-0.39, 0.29) is 48.3 Å². The Labute approximate surface area is 153 Å². The molecule has 11 heteroatoms. The summed E-state index contributed by atoms with van der Waals surface area (Å²) in [5, 5.41) is 20.8. The largest absolute Gasteiger partial charge is 0.459 e. The lowest BCUT2D eigenvalue weighted by Crippen LogP contribution is -2.73. The van der Waals surface area contributed by atoms with E-state index in [2.05, 4.69) is 0 Å². The zero-order valence-corrected chi connectivity index (χ0v) is 14.5. The number of nitrogens with zero attached hydrogens (tertiary/aromatic N) is 2. The van der Waals surface area contributed by atoms with Crippen LogP contribution in [-0.4, -0.2) is 56.1 Å².